The zero-order valence-corrected chi connectivity index (χ0v) is 17.4. The number of aromatic nitrogens is 1. The third kappa shape index (κ3) is 5.98. The Labute approximate surface area is 176 Å². The lowest BCUT2D eigenvalue weighted by Crippen LogP contribution is -2.55. The quantitative estimate of drug-likeness (QED) is 0.284. The van der Waals surface area contributed by atoms with E-state index in [0.29, 0.717) is 5.03 Å². The summed E-state index contributed by atoms with van der Waals surface area (Å²) in [6.07, 6.45) is -0.422. The molecule has 1 aliphatic rings. The van der Waals surface area contributed by atoms with Gasteiger partial charge in [-0.1, -0.05) is 35.4 Å². The smallest absolute Gasteiger partial charge is 0.303 e. The molecule has 0 bridgehead atoms. The van der Waals surface area contributed by atoms with Gasteiger partial charge in [0.15, 0.2) is 0 Å². The van der Waals surface area contributed by atoms with Crippen LogP contribution in [0.15, 0.2) is 22.4 Å². The van der Waals surface area contributed by atoms with E-state index in [0.717, 1.165) is 0 Å². The normalized spacial score (nSPS) is 26.0. The van der Waals surface area contributed by atoms with E-state index in [9.17, 15) is 9.59 Å². The molecule has 10 nitrogen and oxygen atoms in total. The molecule has 29 heavy (non-hydrogen) atoms. The molecule has 0 N–H and O–H groups in total. The lowest BCUT2D eigenvalue weighted by atomic mass is 9.91. The minimum absolute atomic E-state index is 0.184. The fourth-order valence-corrected chi connectivity index (χ4v) is 4.14. The number of rotatable bonds is 6. The number of nitrogens with zero attached hydrogens (tertiary/aromatic N) is 5. The molecule has 0 aromatic carbocycles. The van der Waals surface area contributed by atoms with Crippen LogP contribution in [-0.2, 0) is 23.8 Å². The largest absolute Gasteiger partial charge is 0.463 e. The molecule has 2 rings (SSSR count). The number of carbonyl (C=O) groups excluding carboxylic acids is 2. The predicted octanol–water partition coefficient (Wildman–Crippen LogP) is 3.23. The van der Waals surface area contributed by atoms with Crippen molar-refractivity contribution in [2.75, 3.05) is 6.61 Å². The Morgan fingerprint density at radius 1 is 1.48 bits per heavy atom. The van der Waals surface area contributed by atoms with Gasteiger partial charge in [-0.3, -0.25) is 9.59 Å². The van der Waals surface area contributed by atoms with Crippen molar-refractivity contribution in [1.82, 2.24) is 4.98 Å². The fraction of sp³-hybridized carbons (Fsp3) is 0.529. The third-order valence-electron chi connectivity index (χ3n) is 4.10. The minimum Gasteiger partial charge on any atom is -0.463 e. The van der Waals surface area contributed by atoms with Gasteiger partial charge in [-0.15, -0.1) is 0 Å². The molecule has 2 unspecified atom stereocenters. The Bertz CT molecular complexity index is 872. The van der Waals surface area contributed by atoms with Crippen molar-refractivity contribution < 1.29 is 23.8 Å². The van der Waals surface area contributed by atoms with Crippen molar-refractivity contribution in [2.45, 2.75) is 49.5 Å². The van der Waals surface area contributed by atoms with Crippen molar-refractivity contribution in [1.29, 1.82) is 5.26 Å². The maximum absolute atomic E-state index is 11.5. The van der Waals surface area contributed by atoms with Crippen LogP contribution in [0.5, 0.6) is 0 Å². The highest BCUT2D eigenvalue weighted by atomic mass is 35.5. The van der Waals surface area contributed by atoms with Crippen LogP contribution in [0.2, 0.25) is 5.02 Å². The maximum Gasteiger partial charge on any atom is 0.303 e. The molecule has 1 aromatic rings. The third-order valence-corrected chi connectivity index (χ3v) is 5.65. The van der Waals surface area contributed by atoms with E-state index in [2.05, 4.69) is 15.0 Å². The summed E-state index contributed by atoms with van der Waals surface area (Å²) in [5.74, 6) is -1.49. The Morgan fingerprint density at radius 3 is 2.76 bits per heavy atom. The molecule has 0 saturated carbocycles. The molecule has 5 atom stereocenters. The maximum atomic E-state index is 11.5. The molecule has 1 aromatic heterocycles. The number of hydrogen-bond donors (Lipinski definition) is 0. The van der Waals surface area contributed by atoms with E-state index in [1.807, 2.05) is 6.07 Å². The summed E-state index contributed by atoms with van der Waals surface area (Å²) >= 11 is 7.26. The van der Waals surface area contributed by atoms with Gasteiger partial charge in [0.2, 0.25) is 0 Å². The molecule has 0 spiro atoms. The van der Waals surface area contributed by atoms with Crippen LogP contribution in [0.1, 0.15) is 26.3 Å². The Morgan fingerprint density at radius 2 is 2.21 bits per heavy atom. The monoisotopic (exact) mass is 439 g/mol. The molecular weight excluding hydrogens is 422 g/mol. The standard InChI is InChI=1S/C17H18ClN5O5S/c1-8-15(22-23-20)16(27-10(3)25)13(7-26-9(2)24)28-17(8)29-14-4-12(18)11(5-19)6-21-14/h4,6,8,13,15-17H,7H2,1-3H3/t8?,13?,15-,16+,17-/m1/s1. The molecule has 154 valence electrons. The number of thioether (sulfide) groups is 1. The molecule has 1 saturated heterocycles. The van der Waals surface area contributed by atoms with Gasteiger partial charge in [-0.25, -0.2) is 4.98 Å². The van der Waals surface area contributed by atoms with Gasteiger partial charge < -0.3 is 14.2 Å². The van der Waals surface area contributed by atoms with Gasteiger partial charge in [0.05, 0.1) is 16.6 Å². The molecule has 2 heterocycles. The summed E-state index contributed by atoms with van der Waals surface area (Å²) in [5, 5.41) is 13.5. The first-order chi connectivity index (χ1) is 13.8. The summed E-state index contributed by atoms with van der Waals surface area (Å²) in [6.45, 7) is 4.06. The Balaban J connectivity index is 2.31. The van der Waals surface area contributed by atoms with Crippen LogP contribution in [0.25, 0.3) is 10.4 Å². The Hall–Kier alpha value is -2.51. The number of ether oxygens (including phenoxy) is 3. The molecule has 1 fully saturated rings. The van der Waals surface area contributed by atoms with E-state index >= 15 is 0 Å². The average molecular weight is 440 g/mol. The van der Waals surface area contributed by atoms with Crippen molar-refractivity contribution in [2.24, 2.45) is 11.0 Å². The zero-order valence-electron chi connectivity index (χ0n) is 15.8. The van der Waals surface area contributed by atoms with Crippen LogP contribution in [0, 0.1) is 17.2 Å². The van der Waals surface area contributed by atoms with Crippen LogP contribution in [0.3, 0.4) is 0 Å². The number of hydrogen-bond acceptors (Lipinski definition) is 9. The molecular formula is C17H18ClN5O5S. The van der Waals surface area contributed by atoms with Crippen LogP contribution in [0.4, 0.5) is 0 Å². The van der Waals surface area contributed by atoms with Crippen molar-refractivity contribution >= 4 is 35.3 Å². The second-order valence-electron chi connectivity index (χ2n) is 6.21. The van der Waals surface area contributed by atoms with Gasteiger partial charge in [0, 0.05) is 30.9 Å². The van der Waals surface area contributed by atoms with Gasteiger partial charge in [-0.05, 0) is 11.6 Å². The van der Waals surface area contributed by atoms with Crippen LogP contribution >= 0.6 is 23.4 Å². The van der Waals surface area contributed by atoms with Crippen LogP contribution in [-0.4, -0.2) is 47.2 Å². The van der Waals surface area contributed by atoms with Gasteiger partial charge >= 0.3 is 11.9 Å². The first-order valence-corrected chi connectivity index (χ1v) is 9.75. The summed E-state index contributed by atoms with van der Waals surface area (Å²) in [6, 6.07) is 2.70. The number of pyridine rings is 1. The van der Waals surface area contributed by atoms with Gasteiger partial charge in [0.1, 0.15) is 35.3 Å². The molecule has 0 aliphatic carbocycles. The molecule has 0 amide bonds. The fourth-order valence-electron chi connectivity index (χ4n) is 2.77. The Kier molecular flexibility index (Phi) is 8.10. The number of halogens is 1. The highest BCUT2D eigenvalue weighted by Gasteiger charge is 2.46. The number of esters is 2. The van der Waals surface area contributed by atoms with E-state index in [-0.39, 0.29) is 23.1 Å². The second-order valence-corrected chi connectivity index (χ2v) is 7.73. The van der Waals surface area contributed by atoms with Crippen LogP contribution < -0.4 is 0 Å². The van der Waals surface area contributed by atoms with E-state index in [1.165, 1.54) is 37.9 Å². The lowest BCUT2D eigenvalue weighted by molar-refractivity contribution is -0.182. The average Bonchev–Trinajstić information content (AvgIpc) is 2.65. The summed E-state index contributed by atoms with van der Waals surface area (Å²) in [5.41, 5.74) is 8.65. The lowest BCUT2D eigenvalue weighted by Gasteiger charge is -2.42. The predicted molar refractivity (Wildman–Crippen MR) is 103 cm³/mol. The van der Waals surface area contributed by atoms with Crippen molar-refractivity contribution in [3.63, 3.8) is 0 Å². The highest BCUT2D eigenvalue weighted by Crippen LogP contribution is 2.39. The molecule has 12 heteroatoms. The first-order valence-electron chi connectivity index (χ1n) is 8.49. The van der Waals surface area contributed by atoms with Crippen molar-refractivity contribution in [3.8, 4) is 6.07 Å². The van der Waals surface area contributed by atoms with E-state index in [1.54, 1.807) is 6.92 Å². The number of azide groups is 1. The topological polar surface area (TPSA) is 147 Å². The summed E-state index contributed by atoms with van der Waals surface area (Å²) < 4.78 is 16.4. The first kappa shape index (κ1) is 22.8. The highest BCUT2D eigenvalue weighted by molar-refractivity contribution is 7.99. The summed E-state index contributed by atoms with van der Waals surface area (Å²) in [7, 11) is 0. The number of carbonyl (C=O) groups is 2. The van der Waals surface area contributed by atoms with Gasteiger partial charge in [0.25, 0.3) is 0 Å². The zero-order chi connectivity index (χ0) is 21.6. The second kappa shape index (κ2) is 10.3. The van der Waals surface area contributed by atoms with E-state index < -0.39 is 35.6 Å². The molecule has 1 aliphatic heterocycles. The van der Waals surface area contributed by atoms with Gasteiger partial charge in [-0.2, -0.15) is 5.26 Å². The number of nitriles is 1. The van der Waals surface area contributed by atoms with Crippen molar-refractivity contribution in [3.05, 3.63) is 33.3 Å². The SMILES string of the molecule is CC(=O)OCC1O[C@H](Sc2cc(Cl)c(C#N)cn2)C(C)[C@@H](N=[N+]=[N-])[C@H]1OC(C)=O. The molecule has 0 radical (unpaired) electrons. The summed E-state index contributed by atoms with van der Waals surface area (Å²) in [4.78, 5) is 29.8. The minimum atomic E-state index is -0.924. The van der Waals surface area contributed by atoms with E-state index in [4.69, 9.17) is 36.6 Å².